The van der Waals surface area contributed by atoms with E-state index in [4.69, 9.17) is 4.42 Å². The van der Waals surface area contributed by atoms with Crippen molar-refractivity contribution >= 4 is 44.4 Å². The second-order valence-corrected chi connectivity index (χ2v) is 12.8. The van der Waals surface area contributed by atoms with Crippen LogP contribution in [0.25, 0.3) is 11.1 Å². The van der Waals surface area contributed by atoms with E-state index in [0.29, 0.717) is 30.0 Å². The number of carboxylic acid groups (broad SMARTS) is 1. The van der Waals surface area contributed by atoms with Crippen molar-refractivity contribution in [2.75, 3.05) is 16.7 Å². The summed E-state index contributed by atoms with van der Waals surface area (Å²) in [6.07, 6.45) is -3.78. The van der Waals surface area contributed by atoms with Crippen LogP contribution in [0.3, 0.4) is 0 Å². The molecule has 0 radical (unpaired) electrons. The number of oxazole rings is 1. The molecular weight excluding hydrogens is 622 g/mol. The first-order valence-corrected chi connectivity index (χ1v) is 15.1. The Hall–Kier alpha value is -4.66. The number of fused-ring (bicyclic) bond motifs is 1. The fraction of sp³-hybridized carbons (Fsp3) is 0.300. The summed E-state index contributed by atoms with van der Waals surface area (Å²) in [6, 6.07) is 11.8. The van der Waals surface area contributed by atoms with Gasteiger partial charge in [0.1, 0.15) is 5.82 Å². The average Bonchev–Trinajstić information content (AvgIpc) is 3.28. The zero-order chi connectivity index (χ0) is 32.8. The normalized spacial score (nSPS) is 18.9. The van der Waals surface area contributed by atoms with Crippen molar-refractivity contribution in [2.45, 2.75) is 36.3 Å². The number of aromatic nitrogens is 1. The second kappa shape index (κ2) is 11.7. The number of amides is 1. The van der Waals surface area contributed by atoms with Gasteiger partial charge < -0.3 is 14.8 Å². The standard InChI is InChI=1S/C30H27F4N3O7S/c1-36-24-15-19(11-13-25(24)44-29(36)41)45(42,43)37(2)18-9-6-16(7-10-18)20-4-3-5-21(26(20)28(39)40)27(38)35-23-12-8-17(14-22(23)31)30(32,33)34/h6-15,20-21,26H,3-5H2,1-2H3,(H,35,38)(H,39,40)/t20-,21-,26-/m1/s1. The van der Waals surface area contributed by atoms with Crippen LogP contribution < -0.4 is 15.4 Å². The Labute approximate surface area is 253 Å². The van der Waals surface area contributed by atoms with Crippen LogP contribution in [0.15, 0.2) is 74.8 Å². The van der Waals surface area contributed by atoms with Gasteiger partial charge in [-0.05, 0) is 72.9 Å². The van der Waals surface area contributed by atoms with Crippen LogP contribution in [-0.4, -0.2) is 37.0 Å². The number of aliphatic carboxylic acids is 1. The van der Waals surface area contributed by atoms with Gasteiger partial charge in [0.25, 0.3) is 10.0 Å². The van der Waals surface area contributed by atoms with E-state index >= 15 is 0 Å². The zero-order valence-electron chi connectivity index (χ0n) is 23.8. The minimum atomic E-state index is -4.78. The molecule has 0 saturated heterocycles. The molecular formula is C30H27F4N3O7S. The largest absolute Gasteiger partial charge is 0.481 e. The van der Waals surface area contributed by atoms with E-state index in [1.807, 2.05) is 0 Å². The summed E-state index contributed by atoms with van der Waals surface area (Å²) in [5.74, 6) is -7.07. The van der Waals surface area contributed by atoms with Gasteiger partial charge in [-0.3, -0.25) is 18.5 Å². The summed E-state index contributed by atoms with van der Waals surface area (Å²) in [7, 11) is -1.30. The lowest BCUT2D eigenvalue weighted by Gasteiger charge is -2.35. The molecule has 4 aromatic rings. The molecule has 2 N–H and O–H groups in total. The third kappa shape index (κ3) is 6.03. The smallest absolute Gasteiger partial charge is 0.419 e. The van der Waals surface area contributed by atoms with E-state index < -0.39 is 68.7 Å². The monoisotopic (exact) mass is 649 g/mol. The van der Waals surface area contributed by atoms with Crippen molar-refractivity contribution in [2.24, 2.45) is 18.9 Å². The van der Waals surface area contributed by atoms with Crippen LogP contribution in [0.1, 0.15) is 36.3 Å². The van der Waals surface area contributed by atoms with Gasteiger partial charge in [0.2, 0.25) is 5.91 Å². The van der Waals surface area contributed by atoms with Gasteiger partial charge in [0, 0.05) is 14.1 Å². The highest BCUT2D eigenvalue weighted by Crippen LogP contribution is 2.43. The summed E-state index contributed by atoms with van der Waals surface area (Å²) in [4.78, 5) is 37.3. The van der Waals surface area contributed by atoms with Crippen molar-refractivity contribution in [1.29, 1.82) is 0 Å². The lowest BCUT2D eigenvalue weighted by atomic mass is 9.69. The molecule has 0 aliphatic heterocycles. The van der Waals surface area contributed by atoms with Gasteiger partial charge in [-0.25, -0.2) is 17.6 Å². The number of hydrogen-bond donors (Lipinski definition) is 2. The maximum Gasteiger partial charge on any atom is 0.419 e. The molecule has 0 bridgehead atoms. The number of carbonyl (C=O) groups excluding carboxylic acids is 1. The fourth-order valence-electron chi connectivity index (χ4n) is 5.72. The molecule has 15 heteroatoms. The molecule has 1 fully saturated rings. The Morgan fingerprint density at radius 3 is 2.36 bits per heavy atom. The molecule has 0 unspecified atom stereocenters. The summed E-state index contributed by atoms with van der Waals surface area (Å²) in [5, 5.41) is 12.4. The Balaban J connectivity index is 1.36. The predicted molar refractivity (Wildman–Crippen MR) is 155 cm³/mol. The molecule has 45 heavy (non-hydrogen) atoms. The number of nitrogens with one attached hydrogen (secondary N) is 1. The van der Waals surface area contributed by atoms with Crippen molar-refractivity contribution < 1.29 is 45.1 Å². The summed E-state index contributed by atoms with van der Waals surface area (Å²) in [6.45, 7) is 0. The average molecular weight is 650 g/mol. The molecule has 1 aliphatic carbocycles. The fourth-order valence-corrected chi connectivity index (χ4v) is 6.94. The number of hydrogen-bond acceptors (Lipinski definition) is 6. The predicted octanol–water partition coefficient (Wildman–Crippen LogP) is 5.34. The Bertz CT molecular complexity index is 1950. The highest BCUT2D eigenvalue weighted by Gasteiger charge is 2.43. The molecule has 238 valence electrons. The number of aryl methyl sites for hydroxylation is 1. The zero-order valence-corrected chi connectivity index (χ0v) is 24.7. The van der Waals surface area contributed by atoms with E-state index in [2.05, 4.69) is 5.32 Å². The Morgan fingerprint density at radius 1 is 1.04 bits per heavy atom. The maximum atomic E-state index is 14.4. The molecule has 1 amide bonds. The minimum absolute atomic E-state index is 0.0884. The van der Waals surface area contributed by atoms with E-state index in [1.54, 1.807) is 12.1 Å². The maximum absolute atomic E-state index is 14.4. The second-order valence-electron chi connectivity index (χ2n) is 10.8. The van der Waals surface area contributed by atoms with E-state index in [9.17, 15) is 45.5 Å². The highest BCUT2D eigenvalue weighted by molar-refractivity contribution is 7.92. The Kier molecular flexibility index (Phi) is 8.25. The molecule has 3 atom stereocenters. The van der Waals surface area contributed by atoms with Crippen LogP contribution in [0, 0.1) is 17.7 Å². The first-order valence-electron chi connectivity index (χ1n) is 13.7. The quantitative estimate of drug-likeness (QED) is 0.258. The summed E-state index contributed by atoms with van der Waals surface area (Å²) >= 11 is 0. The van der Waals surface area contributed by atoms with Gasteiger partial charge >= 0.3 is 17.9 Å². The lowest BCUT2D eigenvalue weighted by molar-refractivity contribution is -0.148. The molecule has 0 spiro atoms. The molecule has 1 aliphatic rings. The Morgan fingerprint density at radius 2 is 1.73 bits per heavy atom. The van der Waals surface area contributed by atoms with E-state index in [1.165, 1.54) is 49.0 Å². The van der Waals surface area contributed by atoms with Crippen LogP contribution in [0.2, 0.25) is 0 Å². The first kappa shape index (κ1) is 31.8. The van der Waals surface area contributed by atoms with Gasteiger partial charge in [-0.1, -0.05) is 18.6 Å². The number of halogens is 4. The molecule has 1 aromatic heterocycles. The molecule has 1 saturated carbocycles. The number of benzene rings is 3. The van der Waals surface area contributed by atoms with Crippen LogP contribution in [0.4, 0.5) is 28.9 Å². The van der Waals surface area contributed by atoms with Crippen molar-refractivity contribution in [1.82, 2.24) is 4.57 Å². The van der Waals surface area contributed by atoms with E-state index in [0.717, 1.165) is 10.4 Å². The van der Waals surface area contributed by atoms with Crippen molar-refractivity contribution in [3.05, 3.63) is 88.2 Å². The minimum Gasteiger partial charge on any atom is -0.481 e. The van der Waals surface area contributed by atoms with E-state index in [-0.39, 0.29) is 28.7 Å². The number of nitrogens with zero attached hydrogens (tertiary/aromatic N) is 2. The molecule has 10 nitrogen and oxygen atoms in total. The topological polar surface area (TPSA) is 139 Å². The number of carboxylic acids is 1. The number of rotatable bonds is 7. The molecule has 1 heterocycles. The van der Waals surface area contributed by atoms with Crippen molar-refractivity contribution in [3.63, 3.8) is 0 Å². The van der Waals surface area contributed by atoms with Crippen LogP contribution in [0.5, 0.6) is 0 Å². The van der Waals surface area contributed by atoms with Crippen LogP contribution >= 0.6 is 0 Å². The van der Waals surface area contributed by atoms with Gasteiger partial charge in [-0.15, -0.1) is 0 Å². The summed E-state index contributed by atoms with van der Waals surface area (Å²) in [5.41, 5.74) is -0.416. The van der Waals surface area contributed by atoms with Crippen molar-refractivity contribution in [3.8, 4) is 0 Å². The van der Waals surface area contributed by atoms with Gasteiger partial charge in [-0.2, -0.15) is 13.2 Å². The van der Waals surface area contributed by atoms with Gasteiger partial charge in [0.05, 0.1) is 39.2 Å². The SMILES string of the molecule is CN(c1ccc([C@H]2CCC[C@@H](C(=O)Nc3ccc(C(F)(F)F)cc3F)[C@@H]2C(=O)O)cc1)S(=O)(=O)c1ccc2oc(=O)n(C)c2c1. The lowest BCUT2D eigenvalue weighted by Crippen LogP contribution is -2.40. The molecule has 5 rings (SSSR count). The first-order chi connectivity index (χ1) is 21.1. The third-order valence-electron chi connectivity index (χ3n) is 8.18. The number of sulfonamides is 1. The number of alkyl halides is 3. The van der Waals surface area contributed by atoms with Gasteiger partial charge in [0.15, 0.2) is 5.58 Å². The highest BCUT2D eigenvalue weighted by atomic mass is 32.2. The summed E-state index contributed by atoms with van der Waals surface area (Å²) < 4.78 is 87.1. The van der Waals surface area contributed by atoms with Crippen LogP contribution in [-0.2, 0) is 32.8 Å². The number of anilines is 2. The molecule has 3 aromatic carbocycles. The third-order valence-corrected chi connectivity index (χ3v) is 9.96. The number of carbonyl (C=O) groups is 2.